The Labute approximate surface area is 133 Å². The number of hydrogen-bond donors (Lipinski definition) is 2. The number of benzene rings is 1. The van der Waals surface area contributed by atoms with Gasteiger partial charge in [0.05, 0.1) is 22.4 Å². The number of carbonyl (C=O) groups excluding carboxylic acids is 1. The minimum Gasteiger partial charge on any atom is -0.391 e. The maximum absolute atomic E-state index is 12.1. The van der Waals surface area contributed by atoms with Crippen molar-refractivity contribution in [3.8, 4) is 5.69 Å². The Morgan fingerprint density at radius 3 is 2.86 bits per heavy atom. The van der Waals surface area contributed by atoms with Crippen LogP contribution < -0.4 is 5.32 Å². The van der Waals surface area contributed by atoms with Crippen LogP contribution >= 0.6 is 11.6 Å². The molecule has 0 saturated carbocycles. The Hall–Kier alpha value is -1.99. The van der Waals surface area contributed by atoms with Gasteiger partial charge in [-0.15, -0.1) is 5.10 Å². The van der Waals surface area contributed by atoms with Crippen molar-refractivity contribution < 1.29 is 9.90 Å². The molecular weight excluding hydrogens is 306 g/mol. The fraction of sp³-hybridized carbons (Fsp3) is 0.429. The molecule has 118 valence electrons. The highest BCUT2D eigenvalue weighted by Crippen LogP contribution is 2.19. The van der Waals surface area contributed by atoms with Gasteiger partial charge < -0.3 is 10.4 Å². The molecule has 0 saturated heterocycles. The number of tetrazole rings is 1. The fourth-order valence-electron chi connectivity index (χ4n) is 1.88. The third-order valence-electron chi connectivity index (χ3n) is 3.58. The summed E-state index contributed by atoms with van der Waals surface area (Å²) in [6.45, 7) is 4.12. The average Bonchev–Trinajstić information content (AvgIpc) is 3.05. The molecule has 0 aliphatic heterocycles. The molecular formula is C14H18ClN5O2. The van der Waals surface area contributed by atoms with E-state index in [-0.39, 0.29) is 18.4 Å². The molecule has 2 atom stereocenters. The smallest absolute Gasteiger partial charge is 0.252 e. The summed E-state index contributed by atoms with van der Waals surface area (Å²) in [6, 6.07) is 4.91. The van der Waals surface area contributed by atoms with Crippen molar-refractivity contribution in [1.82, 2.24) is 25.5 Å². The second-order valence-corrected chi connectivity index (χ2v) is 5.49. The summed E-state index contributed by atoms with van der Waals surface area (Å²) in [5.41, 5.74) is 1.00. The molecule has 0 fully saturated rings. The molecule has 0 radical (unpaired) electrons. The standard InChI is InChI=1S/C14H18ClN5O2/c1-3-9(2)13(21)7-16-14(22)11-5-4-10(6-12(11)15)20-8-17-18-19-20/h4-6,8-9,13,21H,3,7H2,1-2H3,(H,16,22). The molecule has 1 heterocycles. The summed E-state index contributed by atoms with van der Waals surface area (Å²) < 4.78 is 1.44. The summed E-state index contributed by atoms with van der Waals surface area (Å²) in [6.07, 6.45) is 1.71. The Morgan fingerprint density at radius 1 is 1.50 bits per heavy atom. The van der Waals surface area contributed by atoms with Crippen LogP contribution in [0.4, 0.5) is 0 Å². The van der Waals surface area contributed by atoms with E-state index in [1.165, 1.54) is 11.0 Å². The zero-order valence-corrected chi connectivity index (χ0v) is 13.2. The van der Waals surface area contributed by atoms with Crippen LogP contribution in [0.1, 0.15) is 30.6 Å². The number of aliphatic hydroxyl groups is 1. The average molecular weight is 324 g/mol. The normalized spacial score (nSPS) is 13.6. The third-order valence-corrected chi connectivity index (χ3v) is 3.90. The lowest BCUT2D eigenvalue weighted by Crippen LogP contribution is -2.35. The highest BCUT2D eigenvalue weighted by atomic mass is 35.5. The maximum Gasteiger partial charge on any atom is 0.252 e. The number of halogens is 1. The lowest BCUT2D eigenvalue weighted by atomic mass is 10.0. The Morgan fingerprint density at radius 2 is 2.27 bits per heavy atom. The van der Waals surface area contributed by atoms with Crippen molar-refractivity contribution in [2.45, 2.75) is 26.4 Å². The van der Waals surface area contributed by atoms with Crippen molar-refractivity contribution in [2.24, 2.45) is 5.92 Å². The van der Waals surface area contributed by atoms with Gasteiger partial charge in [-0.2, -0.15) is 0 Å². The first kappa shape index (κ1) is 16.4. The fourth-order valence-corrected chi connectivity index (χ4v) is 2.14. The molecule has 2 aromatic rings. The summed E-state index contributed by atoms with van der Waals surface area (Å²) in [4.78, 5) is 12.1. The second kappa shape index (κ2) is 7.33. The van der Waals surface area contributed by atoms with Crippen LogP contribution in [-0.4, -0.2) is 43.9 Å². The SMILES string of the molecule is CCC(C)C(O)CNC(=O)c1ccc(-n2cnnn2)cc1Cl. The van der Waals surface area contributed by atoms with E-state index in [1.807, 2.05) is 13.8 Å². The van der Waals surface area contributed by atoms with Gasteiger partial charge in [-0.05, 0) is 34.5 Å². The summed E-state index contributed by atoms with van der Waals surface area (Å²) in [5, 5.41) is 23.7. The Bertz CT molecular complexity index is 632. The highest BCUT2D eigenvalue weighted by molar-refractivity contribution is 6.34. The van der Waals surface area contributed by atoms with E-state index >= 15 is 0 Å². The van der Waals surface area contributed by atoms with Gasteiger partial charge in [0.25, 0.3) is 5.91 Å². The molecule has 2 N–H and O–H groups in total. The number of rotatable bonds is 6. The van der Waals surface area contributed by atoms with Gasteiger partial charge in [-0.1, -0.05) is 31.9 Å². The Balaban J connectivity index is 2.04. The van der Waals surface area contributed by atoms with E-state index in [0.717, 1.165) is 6.42 Å². The molecule has 22 heavy (non-hydrogen) atoms. The number of aromatic nitrogens is 4. The first-order chi connectivity index (χ1) is 10.5. The van der Waals surface area contributed by atoms with E-state index in [9.17, 15) is 9.90 Å². The molecule has 0 aliphatic carbocycles. The number of aliphatic hydroxyl groups excluding tert-OH is 1. The van der Waals surface area contributed by atoms with Crippen LogP contribution in [0.3, 0.4) is 0 Å². The summed E-state index contributed by atoms with van der Waals surface area (Å²) in [7, 11) is 0. The minimum atomic E-state index is -0.576. The predicted molar refractivity (Wildman–Crippen MR) is 82.0 cm³/mol. The molecule has 0 bridgehead atoms. The molecule has 0 spiro atoms. The minimum absolute atomic E-state index is 0.123. The van der Waals surface area contributed by atoms with Gasteiger partial charge in [0.15, 0.2) is 0 Å². The van der Waals surface area contributed by atoms with Crippen LogP contribution in [0.2, 0.25) is 5.02 Å². The van der Waals surface area contributed by atoms with E-state index in [2.05, 4.69) is 20.8 Å². The van der Waals surface area contributed by atoms with Gasteiger partial charge in [-0.25, -0.2) is 4.68 Å². The van der Waals surface area contributed by atoms with Crippen LogP contribution in [0, 0.1) is 5.92 Å². The van der Waals surface area contributed by atoms with E-state index < -0.39 is 6.10 Å². The van der Waals surface area contributed by atoms with Crippen molar-refractivity contribution in [1.29, 1.82) is 0 Å². The van der Waals surface area contributed by atoms with E-state index in [0.29, 0.717) is 16.3 Å². The largest absolute Gasteiger partial charge is 0.391 e. The van der Waals surface area contributed by atoms with Gasteiger partial charge in [-0.3, -0.25) is 4.79 Å². The zero-order valence-electron chi connectivity index (χ0n) is 12.4. The van der Waals surface area contributed by atoms with Gasteiger partial charge in [0.1, 0.15) is 6.33 Å². The quantitative estimate of drug-likeness (QED) is 0.839. The van der Waals surface area contributed by atoms with Gasteiger partial charge >= 0.3 is 0 Å². The number of nitrogens with one attached hydrogen (secondary N) is 1. The van der Waals surface area contributed by atoms with Crippen molar-refractivity contribution in [3.63, 3.8) is 0 Å². The van der Waals surface area contributed by atoms with Crippen LogP contribution in [0.25, 0.3) is 5.69 Å². The van der Waals surface area contributed by atoms with E-state index in [1.54, 1.807) is 18.2 Å². The topological polar surface area (TPSA) is 92.9 Å². The van der Waals surface area contributed by atoms with Gasteiger partial charge in [0.2, 0.25) is 0 Å². The molecule has 2 unspecified atom stereocenters. The molecule has 2 rings (SSSR count). The highest BCUT2D eigenvalue weighted by Gasteiger charge is 2.16. The number of hydrogen-bond acceptors (Lipinski definition) is 5. The van der Waals surface area contributed by atoms with Crippen molar-refractivity contribution >= 4 is 17.5 Å². The summed E-state index contributed by atoms with van der Waals surface area (Å²) in [5.74, 6) is -0.200. The lowest BCUT2D eigenvalue weighted by Gasteiger charge is -2.17. The van der Waals surface area contributed by atoms with Gasteiger partial charge in [0, 0.05) is 6.54 Å². The number of amides is 1. The van der Waals surface area contributed by atoms with Crippen molar-refractivity contribution in [3.05, 3.63) is 35.1 Å². The van der Waals surface area contributed by atoms with Crippen LogP contribution in [0.5, 0.6) is 0 Å². The molecule has 1 aromatic heterocycles. The van der Waals surface area contributed by atoms with Crippen LogP contribution in [0.15, 0.2) is 24.5 Å². The first-order valence-corrected chi connectivity index (χ1v) is 7.40. The predicted octanol–water partition coefficient (Wildman–Crippen LogP) is 1.45. The molecule has 1 amide bonds. The molecule has 1 aromatic carbocycles. The lowest BCUT2D eigenvalue weighted by molar-refractivity contribution is 0.0850. The molecule has 7 nitrogen and oxygen atoms in total. The second-order valence-electron chi connectivity index (χ2n) is 5.08. The van der Waals surface area contributed by atoms with Crippen LogP contribution in [-0.2, 0) is 0 Å². The first-order valence-electron chi connectivity index (χ1n) is 7.02. The zero-order chi connectivity index (χ0) is 16.1. The third kappa shape index (κ3) is 3.80. The van der Waals surface area contributed by atoms with E-state index in [4.69, 9.17) is 11.6 Å². The Kier molecular flexibility index (Phi) is 5.46. The number of nitrogens with zero attached hydrogens (tertiary/aromatic N) is 4. The molecule has 8 heteroatoms. The maximum atomic E-state index is 12.1. The number of carbonyl (C=O) groups is 1. The van der Waals surface area contributed by atoms with Crippen molar-refractivity contribution in [2.75, 3.05) is 6.54 Å². The monoisotopic (exact) mass is 323 g/mol. The molecule has 0 aliphatic rings. The summed E-state index contributed by atoms with van der Waals surface area (Å²) >= 11 is 6.14.